The Morgan fingerprint density at radius 3 is 2.94 bits per heavy atom. The highest BCUT2D eigenvalue weighted by molar-refractivity contribution is 5.78. The summed E-state index contributed by atoms with van der Waals surface area (Å²) in [6, 6.07) is 8.18. The highest BCUT2D eigenvalue weighted by Gasteiger charge is 2.25. The number of nitrogens with zero attached hydrogens (tertiary/aromatic N) is 3. The quantitative estimate of drug-likeness (QED) is 0.849. The molecule has 0 saturated carbocycles. The molecule has 1 unspecified atom stereocenters. The second-order valence-corrected chi connectivity index (χ2v) is 4.74. The lowest BCUT2D eigenvalue weighted by molar-refractivity contribution is 0.238. The van der Waals surface area contributed by atoms with Gasteiger partial charge < -0.3 is 14.6 Å². The summed E-state index contributed by atoms with van der Waals surface area (Å²) < 4.78 is 2.13. The van der Waals surface area contributed by atoms with Crippen LogP contribution in [0.25, 0.3) is 11.0 Å². The van der Waals surface area contributed by atoms with Gasteiger partial charge in [0.15, 0.2) is 0 Å². The van der Waals surface area contributed by atoms with Crippen molar-refractivity contribution in [3.05, 3.63) is 24.3 Å². The smallest absolute Gasteiger partial charge is 0.206 e. The first kappa shape index (κ1) is 10.6. The van der Waals surface area contributed by atoms with Crippen LogP contribution in [-0.4, -0.2) is 34.4 Å². The van der Waals surface area contributed by atoms with Crippen LogP contribution in [0.5, 0.6) is 0 Å². The van der Waals surface area contributed by atoms with Crippen LogP contribution < -0.4 is 4.90 Å². The lowest BCUT2D eigenvalue weighted by atomic mass is 10.1. The van der Waals surface area contributed by atoms with Crippen molar-refractivity contribution in [3.8, 4) is 0 Å². The molecule has 0 amide bonds. The molecule has 4 nitrogen and oxygen atoms in total. The van der Waals surface area contributed by atoms with Crippen molar-refractivity contribution >= 4 is 17.0 Å². The van der Waals surface area contributed by atoms with E-state index in [2.05, 4.69) is 27.6 Å². The molecule has 3 rings (SSSR count). The van der Waals surface area contributed by atoms with Crippen molar-refractivity contribution in [2.45, 2.75) is 6.42 Å². The van der Waals surface area contributed by atoms with Gasteiger partial charge in [-0.2, -0.15) is 0 Å². The molecule has 1 aromatic carbocycles. The summed E-state index contributed by atoms with van der Waals surface area (Å²) in [6.45, 7) is 2.18. The second kappa shape index (κ2) is 4.04. The first-order valence-electron chi connectivity index (χ1n) is 6.07. The monoisotopic (exact) mass is 231 g/mol. The van der Waals surface area contributed by atoms with Gasteiger partial charge in [-0.3, -0.25) is 0 Å². The Morgan fingerprint density at radius 2 is 2.24 bits per heavy atom. The molecule has 1 N–H and O–H groups in total. The van der Waals surface area contributed by atoms with Gasteiger partial charge in [-0.25, -0.2) is 4.98 Å². The van der Waals surface area contributed by atoms with E-state index in [9.17, 15) is 5.11 Å². The van der Waals surface area contributed by atoms with Crippen LogP contribution in [-0.2, 0) is 7.05 Å². The summed E-state index contributed by atoms with van der Waals surface area (Å²) >= 11 is 0. The predicted molar refractivity (Wildman–Crippen MR) is 68.1 cm³/mol. The number of aliphatic hydroxyl groups is 1. The van der Waals surface area contributed by atoms with Gasteiger partial charge >= 0.3 is 0 Å². The number of hydrogen-bond donors (Lipinski definition) is 1. The van der Waals surface area contributed by atoms with Gasteiger partial charge in [0.25, 0.3) is 0 Å². The third kappa shape index (κ3) is 1.69. The molecule has 1 aliphatic heterocycles. The van der Waals surface area contributed by atoms with E-state index in [-0.39, 0.29) is 6.61 Å². The second-order valence-electron chi connectivity index (χ2n) is 4.74. The Hall–Kier alpha value is -1.55. The number of fused-ring (bicyclic) bond motifs is 1. The standard InChI is InChI=1S/C13H17N3O/c1-15-12-5-3-2-4-11(12)14-13(15)16-7-6-10(8-16)9-17/h2-5,10,17H,6-9H2,1H3. The van der Waals surface area contributed by atoms with Gasteiger partial charge in [0.1, 0.15) is 0 Å². The third-order valence-electron chi connectivity index (χ3n) is 3.59. The molecule has 1 atom stereocenters. The number of aryl methyl sites for hydroxylation is 1. The Bertz CT molecular complexity index is 534. The summed E-state index contributed by atoms with van der Waals surface area (Å²) in [5, 5.41) is 9.19. The lowest BCUT2D eigenvalue weighted by Gasteiger charge is -2.17. The van der Waals surface area contributed by atoms with Gasteiger partial charge in [-0.1, -0.05) is 12.1 Å². The normalized spacial score (nSPS) is 20.4. The van der Waals surface area contributed by atoms with Gasteiger partial charge in [-0.15, -0.1) is 0 Å². The van der Waals surface area contributed by atoms with Crippen LogP contribution in [0, 0.1) is 5.92 Å². The Morgan fingerprint density at radius 1 is 1.41 bits per heavy atom. The molecule has 0 spiro atoms. The van der Waals surface area contributed by atoms with Crippen LogP contribution in [0.1, 0.15) is 6.42 Å². The summed E-state index contributed by atoms with van der Waals surface area (Å²) in [5.74, 6) is 1.41. The number of aliphatic hydroxyl groups excluding tert-OH is 1. The number of hydrogen-bond acceptors (Lipinski definition) is 3. The molecular weight excluding hydrogens is 214 g/mol. The highest BCUT2D eigenvalue weighted by Crippen LogP contribution is 2.25. The van der Waals surface area contributed by atoms with Crippen molar-refractivity contribution in [1.82, 2.24) is 9.55 Å². The van der Waals surface area contributed by atoms with E-state index in [1.165, 1.54) is 0 Å². The largest absolute Gasteiger partial charge is 0.396 e. The summed E-state index contributed by atoms with van der Waals surface area (Å²) in [6.07, 6.45) is 1.06. The van der Waals surface area contributed by atoms with Crippen LogP contribution in [0.15, 0.2) is 24.3 Å². The van der Waals surface area contributed by atoms with Gasteiger partial charge in [0.2, 0.25) is 5.95 Å². The van der Waals surface area contributed by atoms with Crippen molar-refractivity contribution in [2.75, 3.05) is 24.6 Å². The number of para-hydroxylation sites is 2. The topological polar surface area (TPSA) is 41.3 Å². The van der Waals surface area contributed by atoms with Crippen molar-refractivity contribution in [3.63, 3.8) is 0 Å². The predicted octanol–water partition coefficient (Wildman–Crippen LogP) is 1.39. The van der Waals surface area contributed by atoms with Gasteiger partial charge in [0.05, 0.1) is 11.0 Å². The lowest BCUT2D eigenvalue weighted by Crippen LogP contribution is -2.23. The van der Waals surface area contributed by atoms with E-state index < -0.39 is 0 Å². The van der Waals surface area contributed by atoms with Crippen molar-refractivity contribution in [1.29, 1.82) is 0 Å². The zero-order valence-electron chi connectivity index (χ0n) is 10.0. The molecule has 0 radical (unpaired) electrons. The summed E-state index contributed by atoms with van der Waals surface area (Å²) in [4.78, 5) is 6.94. The Labute approximate surface area is 100 Å². The highest BCUT2D eigenvalue weighted by atomic mass is 16.3. The molecule has 17 heavy (non-hydrogen) atoms. The third-order valence-corrected chi connectivity index (χ3v) is 3.59. The minimum Gasteiger partial charge on any atom is -0.396 e. The van der Waals surface area contributed by atoms with E-state index in [0.717, 1.165) is 36.5 Å². The minimum absolute atomic E-state index is 0.278. The van der Waals surface area contributed by atoms with Crippen LogP contribution in [0.3, 0.4) is 0 Å². The van der Waals surface area contributed by atoms with E-state index in [4.69, 9.17) is 0 Å². The fourth-order valence-corrected chi connectivity index (χ4v) is 2.58. The molecule has 0 bridgehead atoms. The Balaban J connectivity index is 1.98. The molecule has 1 saturated heterocycles. The molecule has 4 heteroatoms. The van der Waals surface area contributed by atoms with Crippen LogP contribution >= 0.6 is 0 Å². The van der Waals surface area contributed by atoms with Crippen LogP contribution in [0.2, 0.25) is 0 Å². The molecule has 1 aromatic heterocycles. The molecule has 2 heterocycles. The number of anilines is 1. The SMILES string of the molecule is Cn1c(N2CCC(CO)C2)nc2ccccc21. The molecule has 1 fully saturated rings. The fraction of sp³-hybridized carbons (Fsp3) is 0.462. The number of rotatable bonds is 2. The zero-order valence-corrected chi connectivity index (χ0v) is 10.0. The zero-order chi connectivity index (χ0) is 11.8. The number of imidazole rings is 1. The summed E-state index contributed by atoms with van der Waals surface area (Å²) in [5.41, 5.74) is 2.20. The number of aromatic nitrogens is 2. The average Bonchev–Trinajstić information content (AvgIpc) is 2.95. The minimum atomic E-state index is 0.278. The van der Waals surface area contributed by atoms with E-state index in [1.54, 1.807) is 0 Å². The summed E-state index contributed by atoms with van der Waals surface area (Å²) in [7, 11) is 2.05. The van der Waals surface area contributed by atoms with E-state index in [1.807, 2.05) is 18.2 Å². The van der Waals surface area contributed by atoms with E-state index in [0.29, 0.717) is 5.92 Å². The first-order valence-corrected chi connectivity index (χ1v) is 6.07. The average molecular weight is 231 g/mol. The fourth-order valence-electron chi connectivity index (χ4n) is 2.58. The molecule has 1 aliphatic rings. The van der Waals surface area contributed by atoms with Gasteiger partial charge in [0, 0.05) is 32.7 Å². The van der Waals surface area contributed by atoms with E-state index >= 15 is 0 Å². The molecule has 0 aliphatic carbocycles. The van der Waals surface area contributed by atoms with Crippen molar-refractivity contribution in [2.24, 2.45) is 13.0 Å². The first-order chi connectivity index (χ1) is 8.29. The van der Waals surface area contributed by atoms with Gasteiger partial charge in [-0.05, 0) is 18.6 Å². The Kier molecular flexibility index (Phi) is 2.52. The molecule has 90 valence electrons. The van der Waals surface area contributed by atoms with Crippen LogP contribution in [0.4, 0.5) is 5.95 Å². The molecule has 2 aromatic rings. The maximum absolute atomic E-state index is 9.19. The maximum atomic E-state index is 9.19. The molecular formula is C13H17N3O. The number of benzene rings is 1. The maximum Gasteiger partial charge on any atom is 0.206 e. The van der Waals surface area contributed by atoms with Crippen molar-refractivity contribution < 1.29 is 5.11 Å².